The van der Waals surface area contributed by atoms with Crippen molar-refractivity contribution in [3.63, 3.8) is 0 Å². The van der Waals surface area contributed by atoms with E-state index >= 15 is 0 Å². The maximum atomic E-state index is 13.5. The van der Waals surface area contributed by atoms with Crippen LogP contribution < -0.4 is 0 Å². The lowest BCUT2D eigenvalue weighted by atomic mass is 10.1. The van der Waals surface area contributed by atoms with Crippen LogP contribution in [0.15, 0.2) is 18.2 Å². The highest BCUT2D eigenvalue weighted by atomic mass is 19.1. The fourth-order valence-corrected chi connectivity index (χ4v) is 1.61. The third-order valence-corrected chi connectivity index (χ3v) is 2.49. The van der Waals surface area contributed by atoms with Crippen LogP contribution in [0.25, 0.3) is 0 Å². The summed E-state index contributed by atoms with van der Waals surface area (Å²) < 4.78 is 13.5. The summed E-state index contributed by atoms with van der Waals surface area (Å²) >= 11 is 0. The van der Waals surface area contributed by atoms with E-state index in [0.29, 0.717) is 13.0 Å². The molecule has 0 aliphatic rings. The summed E-state index contributed by atoms with van der Waals surface area (Å²) in [5, 5.41) is 26.0. The first kappa shape index (κ1) is 15.7. The van der Waals surface area contributed by atoms with Crippen molar-refractivity contribution in [1.82, 2.24) is 4.90 Å². The predicted octanol–water partition coefficient (Wildman–Crippen LogP) is 1.41. The highest BCUT2D eigenvalue weighted by Crippen LogP contribution is 2.11. The monoisotopic (exact) mass is 271 g/mol. The summed E-state index contributed by atoms with van der Waals surface area (Å²) in [6.07, 6.45) is 0.290. The van der Waals surface area contributed by atoms with E-state index in [1.54, 1.807) is 17.0 Å². The van der Waals surface area contributed by atoms with Gasteiger partial charge in [-0.2, -0.15) is 10.5 Å². The van der Waals surface area contributed by atoms with Crippen LogP contribution in [0.1, 0.15) is 17.5 Å². The van der Waals surface area contributed by atoms with Gasteiger partial charge < -0.3 is 5.11 Å². The van der Waals surface area contributed by atoms with Crippen molar-refractivity contribution in [2.75, 3.05) is 19.7 Å². The molecule has 0 spiro atoms. The summed E-state index contributed by atoms with van der Waals surface area (Å²) in [6.45, 7) is 0.593. The Morgan fingerprint density at radius 2 is 1.90 bits per heavy atom. The van der Waals surface area contributed by atoms with Gasteiger partial charge in [-0.25, -0.2) is 4.39 Å². The van der Waals surface area contributed by atoms with Crippen molar-refractivity contribution in [3.8, 4) is 24.0 Å². The molecule has 0 amide bonds. The van der Waals surface area contributed by atoms with Crippen LogP contribution >= 0.6 is 0 Å². The summed E-state index contributed by atoms with van der Waals surface area (Å²) in [7, 11) is 0. The molecule has 1 aromatic carbocycles. The largest absolute Gasteiger partial charge is 0.395 e. The van der Waals surface area contributed by atoms with Gasteiger partial charge in [-0.3, -0.25) is 4.90 Å². The molecule has 4 nitrogen and oxygen atoms in total. The fraction of sp³-hybridized carbons (Fsp3) is 0.333. The molecule has 0 aromatic heterocycles. The summed E-state index contributed by atoms with van der Waals surface area (Å²) in [4.78, 5) is 1.65. The van der Waals surface area contributed by atoms with Crippen LogP contribution in [0.4, 0.5) is 4.39 Å². The van der Waals surface area contributed by atoms with Gasteiger partial charge in [0.1, 0.15) is 5.82 Å². The van der Waals surface area contributed by atoms with Gasteiger partial charge in [0.05, 0.1) is 37.4 Å². The molecule has 0 saturated carbocycles. The number of hydrogen-bond donors (Lipinski definition) is 1. The van der Waals surface area contributed by atoms with Gasteiger partial charge in [0.15, 0.2) is 0 Å². The molecular formula is C15H14FN3O. The minimum Gasteiger partial charge on any atom is -0.395 e. The molecule has 0 saturated heterocycles. The second kappa shape index (κ2) is 8.67. The van der Waals surface area contributed by atoms with Crippen LogP contribution in [-0.2, 0) is 6.54 Å². The maximum Gasteiger partial charge on any atom is 0.138 e. The predicted molar refractivity (Wildman–Crippen MR) is 71.5 cm³/mol. The SMILES string of the molecule is N#CCN(CC#N)Cc1ccc(F)c(C#CCCO)c1. The first-order valence-corrected chi connectivity index (χ1v) is 6.05. The quantitative estimate of drug-likeness (QED) is 0.649. The number of halogens is 1. The average Bonchev–Trinajstić information content (AvgIpc) is 2.43. The molecule has 1 N–H and O–H groups in total. The first-order chi connectivity index (χ1) is 9.71. The number of hydrogen-bond acceptors (Lipinski definition) is 4. The number of nitrogens with zero attached hydrogens (tertiary/aromatic N) is 3. The lowest BCUT2D eigenvalue weighted by Gasteiger charge is -2.15. The first-order valence-electron chi connectivity index (χ1n) is 6.05. The lowest BCUT2D eigenvalue weighted by molar-refractivity contribution is 0.305. The molecular weight excluding hydrogens is 257 g/mol. The number of aliphatic hydroxyl groups is 1. The zero-order chi connectivity index (χ0) is 14.8. The van der Waals surface area contributed by atoms with Crippen molar-refractivity contribution in [2.24, 2.45) is 0 Å². The summed E-state index contributed by atoms with van der Waals surface area (Å²) in [6, 6.07) is 8.49. The standard InChI is InChI=1S/C15H14FN3O/c16-15-5-4-13(11-14(15)3-1-2-10-20)12-19(8-6-17)9-7-18/h4-5,11,20H,2,8-10,12H2. The third kappa shape index (κ3) is 5.08. The van der Waals surface area contributed by atoms with E-state index in [4.69, 9.17) is 15.6 Å². The van der Waals surface area contributed by atoms with Crippen molar-refractivity contribution >= 4 is 0 Å². The third-order valence-electron chi connectivity index (χ3n) is 2.49. The van der Waals surface area contributed by atoms with E-state index in [1.165, 1.54) is 6.07 Å². The molecule has 1 aromatic rings. The van der Waals surface area contributed by atoms with Gasteiger partial charge in [0, 0.05) is 13.0 Å². The molecule has 0 bridgehead atoms. The summed E-state index contributed by atoms with van der Waals surface area (Å²) in [5.41, 5.74) is 1.04. The molecule has 1 rings (SSSR count). The number of benzene rings is 1. The van der Waals surface area contributed by atoms with Crippen LogP contribution in [0.5, 0.6) is 0 Å². The second-order valence-corrected chi connectivity index (χ2v) is 4.05. The van der Waals surface area contributed by atoms with E-state index in [-0.39, 0.29) is 25.3 Å². The summed E-state index contributed by atoms with van der Waals surface area (Å²) in [5.74, 6) is 4.90. The van der Waals surface area contributed by atoms with E-state index in [2.05, 4.69) is 11.8 Å². The maximum absolute atomic E-state index is 13.5. The topological polar surface area (TPSA) is 71.0 Å². The lowest BCUT2D eigenvalue weighted by Crippen LogP contribution is -2.23. The second-order valence-electron chi connectivity index (χ2n) is 4.05. The van der Waals surface area contributed by atoms with Crippen LogP contribution in [-0.4, -0.2) is 29.7 Å². The highest BCUT2D eigenvalue weighted by Gasteiger charge is 2.07. The molecule has 102 valence electrons. The Morgan fingerprint density at radius 3 is 2.50 bits per heavy atom. The van der Waals surface area contributed by atoms with E-state index in [1.807, 2.05) is 12.1 Å². The molecule has 0 atom stereocenters. The Morgan fingerprint density at radius 1 is 1.20 bits per heavy atom. The Kier molecular flexibility index (Phi) is 6.79. The Bertz CT molecular complexity index is 574. The van der Waals surface area contributed by atoms with Crippen LogP contribution in [0.2, 0.25) is 0 Å². The van der Waals surface area contributed by atoms with Crippen LogP contribution in [0.3, 0.4) is 0 Å². The highest BCUT2D eigenvalue weighted by molar-refractivity contribution is 5.38. The zero-order valence-electron chi connectivity index (χ0n) is 10.9. The zero-order valence-corrected chi connectivity index (χ0v) is 10.9. The molecule has 0 heterocycles. The Hall–Kier alpha value is -2.39. The van der Waals surface area contributed by atoms with Crippen molar-refractivity contribution < 1.29 is 9.50 Å². The van der Waals surface area contributed by atoms with E-state index in [9.17, 15) is 4.39 Å². The Labute approximate surface area is 117 Å². The minimum atomic E-state index is -0.425. The van der Waals surface area contributed by atoms with Gasteiger partial charge in [-0.05, 0) is 17.7 Å². The molecule has 0 unspecified atom stereocenters. The van der Waals surface area contributed by atoms with Gasteiger partial charge in [-0.15, -0.1) is 0 Å². The fourth-order valence-electron chi connectivity index (χ4n) is 1.61. The van der Waals surface area contributed by atoms with Gasteiger partial charge in [0.2, 0.25) is 0 Å². The number of rotatable bonds is 5. The Balaban J connectivity index is 2.87. The smallest absolute Gasteiger partial charge is 0.138 e. The average molecular weight is 271 g/mol. The molecule has 5 heteroatoms. The van der Waals surface area contributed by atoms with Gasteiger partial charge in [-0.1, -0.05) is 17.9 Å². The molecule has 0 fully saturated rings. The number of nitriles is 2. The van der Waals surface area contributed by atoms with Crippen molar-refractivity contribution in [2.45, 2.75) is 13.0 Å². The minimum absolute atomic E-state index is 0.0631. The van der Waals surface area contributed by atoms with Gasteiger partial charge >= 0.3 is 0 Å². The van der Waals surface area contributed by atoms with E-state index in [0.717, 1.165) is 5.56 Å². The normalized spacial score (nSPS) is 9.45. The molecule has 0 aliphatic carbocycles. The van der Waals surface area contributed by atoms with Gasteiger partial charge in [0.25, 0.3) is 0 Å². The molecule has 0 aliphatic heterocycles. The molecule has 20 heavy (non-hydrogen) atoms. The molecule has 0 radical (unpaired) electrons. The van der Waals surface area contributed by atoms with E-state index < -0.39 is 5.82 Å². The van der Waals surface area contributed by atoms with Crippen molar-refractivity contribution in [1.29, 1.82) is 10.5 Å². The number of aliphatic hydroxyl groups excluding tert-OH is 1. The van der Waals surface area contributed by atoms with Crippen molar-refractivity contribution in [3.05, 3.63) is 35.1 Å². The van der Waals surface area contributed by atoms with Crippen LogP contribution in [0, 0.1) is 40.3 Å².